The van der Waals surface area contributed by atoms with Crippen LogP contribution in [0, 0.1) is 0 Å². The molecule has 1 nitrogen and oxygen atoms in total. The summed E-state index contributed by atoms with van der Waals surface area (Å²) in [6.45, 7) is 3.73. The Morgan fingerprint density at radius 2 is 2.36 bits per heavy atom. The molecule has 0 saturated heterocycles. The first kappa shape index (κ1) is 11.8. The average Bonchev–Trinajstić information content (AvgIpc) is 2.19. The highest BCUT2D eigenvalue weighted by Gasteiger charge is 2.08. The maximum atomic E-state index is 6.01. The summed E-state index contributed by atoms with van der Waals surface area (Å²) >= 11 is 9.38. The summed E-state index contributed by atoms with van der Waals surface area (Å²) in [5.41, 5.74) is 1.18. The van der Waals surface area contributed by atoms with E-state index in [4.69, 9.17) is 11.6 Å². The van der Waals surface area contributed by atoms with Gasteiger partial charge in [0.05, 0.1) is 5.02 Å². The lowest BCUT2D eigenvalue weighted by atomic mass is 10.0. The first-order valence-corrected chi connectivity index (χ1v) is 5.59. The van der Waals surface area contributed by atoms with E-state index < -0.39 is 0 Å². The summed E-state index contributed by atoms with van der Waals surface area (Å²) in [6, 6.07) is 6.28. The standard InChI is InChI=1S/C11H13BrClN/c1-3-4-11(14-2)8-5-6-9(12)10(13)7-8/h3,5-7,11,14H,1,4H2,2H3. The van der Waals surface area contributed by atoms with Crippen molar-refractivity contribution in [2.24, 2.45) is 0 Å². The Labute approximate surface area is 98.3 Å². The molecule has 0 aliphatic rings. The fourth-order valence-corrected chi connectivity index (χ4v) is 1.75. The van der Waals surface area contributed by atoms with Crippen molar-refractivity contribution < 1.29 is 0 Å². The van der Waals surface area contributed by atoms with Gasteiger partial charge in [0.2, 0.25) is 0 Å². The molecule has 0 saturated carbocycles. The van der Waals surface area contributed by atoms with Gasteiger partial charge < -0.3 is 5.32 Å². The second kappa shape index (κ2) is 5.54. The highest BCUT2D eigenvalue weighted by atomic mass is 79.9. The molecule has 0 spiro atoms. The molecular weight excluding hydrogens is 261 g/mol. The molecular formula is C11H13BrClN. The van der Waals surface area contributed by atoms with E-state index in [0.717, 1.165) is 15.9 Å². The van der Waals surface area contributed by atoms with E-state index in [1.54, 1.807) is 0 Å². The van der Waals surface area contributed by atoms with Crippen LogP contribution in [-0.2, 0) is 0 Å². The first-order valence-electron chi connectivity index (χ1n) is 4.42. The van der Waals surface area contributed by atoms with E-state index >= 15 is 0 Å². The molecule has 1 unspecified atom stereocenters. The number of nitrogens with one attached hydrogen (secondary N) is 1. The van der Waals surface area contributed by atoms with Crippen LogP contribution < -0.4 is 5.32 Å². The van der Waals surface area contributed by atoms with Crippen molar-refractivity contribution in [2.75, 3.05) is 7.05 Å². The van der Waals surface area contributed by atoms with Crippen LogP contribution in [0.1, 0.15) is 18.0 Å². The number of benzene rings is 1. The van der Waals surface area contributed by atoms with Crippen molar-refractivity contribution in [3.05, 3.63) is 45.9 Å². The monoisotopic (exact) mass is 273 g/mol. The van der Waals surface area contributed by atoms with Crippen molar-refractivity contribution in [3.63, 3.8) is 0 Å². The quantitative estimate of drug-likeness (QED) is 0.820. The normalized spacial score (nSPS) is 12.5. The van der Waals surface area contributed by atoms with Gasteiger partial charge in [-0.15, -0.1) is 6.58 Å². The number of hydrogen-bond acceptors (Lipinski definition) is 1. The van der Waals surface area contributed by atoms with Crippen LogP contribution in [0.4, 0.5) is 0 Å². The second-order valence-electron chi connectivity index (χ2n) is 3.04. The second-order valence-corrected chi connectivity index (χ2v) is 4.30. The van der Waals surface area contributed by atoms with Crippen molar-refractivity contribution in [3.8, 4) is 0 Å². The number of hydrogen-bond donors (Lipinski definition) is 1. The summed E-state index contributed by atoms with van der Waals surface area (Å²) in [5, 5.41) is 3.96. The lowest BCUT2D eigenvalue weighted by Crippen LogP contribution is -2.15. The molecule has 1 aromatic rings. The minimum absolute atomic E-state index is 0.290. The Morgan fingerprint density at radius 3 is 2.86 bits per heavy atom. The highest BCUT2D eigenvalue weighted by molar-refractivity contribution is 9.10. The summed E-state index contributed by atoms with van der Waals surface area (Å²) in [5.74, 6) is 0. The molecule has 0 fully saturated rings. The van der Waals surface area contributed by atoms with Crippen molar-refractivity contribution in [2.45, 2.75) is 12.5 Å². The summed E-state index contributed by atoms with van der Waals surface area (Å²) in [6.07, 6.45) is 2.80. The lowest BCUT2D eigenvalue weighted by Gasteiger charge is -2.15. The van der Waals surface area contributed by atoms with E-state index in [1.165, 1.54) is 5.56 Å². The topological polar surface area (TPSA) is 12.0 Å². The van der Waals surface area contributed by atoms with Gasteiger partial charge in [-0.05, 0) is 47.1 Å². The third kappa shape index (κ3) is 2.84. The summed E-state index contributed by atoms with van der Waals surface area (Å²) < 4.78 is 0.927. The zero-order valence-corrected chi connectivity index (χ0v) is 10.4. The molecule has 0 aliphatic carbocycles. The van der Waals surface area contributed by atoms with Crippen LogP contribution >= 0.6 is 27.5 Å². The van der Waals surface area contributed by atoms with Crippen LogP contribution in [0.3, 0.4) is 0 Å². The Kier molecular flexibility index (Phi) is 4.66. The van der Waals surface area contributed by atoms with Crippen LogP contribution in [0.2, 0.25) is 5.02 Å². The fraction of sp³-hybridized carbons (Fsp3) is 0.273. The molecule has 3 heteroatoms. The summed E-state index contributed by atoms with van der Waals surface area (Å²) in [4.78, 5) is 0. The van der Waals surface area contributed by atoms with Crippen LogP contribution in [0.25, 0.3) is 0 Å². The third-order valence-corrected chi connectivity index (χ3v) is 3.33. The van der Waals surface area contributed by atoms with Gasteiger partial charge in [-0.2, -0.15) is 0 Å². The predicted molar refractivity (Wildman–Crippen MR) is 65.8 cm³/mol. The molecule has 0 radical (unpaired) electrons. The van der Waals surface area contributed by atoms with Crippen LogP contribution in [0.5, 0.6) is 0 Å². The van der Waals surface area contributed by atoms with Gasteiger partial charge in [-0.3, -0.25) is 0 Å². The minimum Gasteiger partial charge on any atom is -0.313 e. The molecule has 0 bridgehead atoms. The van der Waals surface area contributed by atoms with Gasteiger partial charge in [-0.1, -0.05) is 23.7 Å². The molecule has 0 aromatic heterocycles. The minimum atomic E-state index is 0.290. The van der Waals surface area contributed by atoms with Crippen molar-refractivity contribution >= 4 is 27.5 Å². The first-order chi connectivity index (χ1) is 6.69. The zero-order chi connectivity index (χ0) is 10.6. The predicted octanol–water partition coefficient (Wildman–Crippen LogP) is 3.94. The molecule has 76 valence electrons. The number of halogens is 2. The Hall–Kier alpha value is -0.310. The smallest absolute Gasteiger partial charge is 0.0551 e. The van der Waals surface area contributed by atoms with Crippen molar-refractivity contribution in [1.82, 2.24) is 5.32 Å². The SMILES string of the molecule is C=CCC(NC)c1ccc(Br)c(Cl)c1. The van der Waals surface area contributed by atoms with E-state index in [9.17, 15) is 0 Å². The molecule has 0 aliphatic heterocycles. The largest absolute Gasteiger partial charge is 0.313 e. The maximum Gasteiger partial charge on any atom is 0.0551 e. The van der Waals surface area contributed by atoms with E-state index in [-0.39, 0.29) is 6.04 Å². The van der Waals surface area contributed by atoms with Gasteiger partial charge in [0, 0.05) is 10.5 Å². The highest BCUT2D eigenvalue weighted by Crippen LogP contribution is 2.27. The number of rotatable bonds is 4. The molecule has 0 amide bonds. The molecule has 1 rings (SSSR count). The van der Waals surface area contributed by atoms with Crippen LogP contribution in [-0.4, -0.2) is 7.05 Å². The summed E-state index contributed by atoms with van der Waals surface area (Å²) in [7, 11) is 1.93. The molecule has 1 atom stereocenters. The van der Waals surface area contributed by atoms with E-state index in [2.05, 4.69) is 33.9 Å². The van der Waals surface area contributed by atoms with E-state index in [0.29, 0.717) is 0 Å². The van der Waals surface area contributed by atoms with Gasteiger partial charge >= 0.3 is 0 Å². The molecule has 1 N–H and O–H groups in total. The maximum absolute atomic E-state index is 6.01. The van der Waals surface area contributed by atoms with E-state index in [1.807, 2.05) is 25.3 Å². The molecule has 1 aromatic carbocycles. The third-order valence-electron chi connectivity index (χ3n) is 2.10. The average molecular weight is 275 g/mol. The molecule has 0 heterocycles. The lowest BCUT2D eigenvalue weighted by molar-refractivity contribution is 0.604. The Bertz CT molecular complexity index is 325. The van der Waals surface area contributed by atoms with Gasteiger partial charge in [-0.25, -0.2) is 0 Å². The Morgan fingerprint density at radius 1 is 1.64 bits per heavy atom. The van der Waals surface area contributed by atoms with Crippen LogP contribution in [0.15, 0.2) is 35.3 Å². The molecule has 14 heavy (non-hydrogen) atoms. The zero-order valence-electron chi connectivity index (χ0n) is 8.06. The van der Waals surface area contributed by atoms with Gasteiger partial charge in [0.25, 0.3) is 0 Å². The fourth-order valence-electron chi connectivity index (χ4n) is 1.32. The van der Waals surface area contributed by atoms with Crippen molar-refractivity contribution in [1.29, 1.82) is 0 Å². The Balaban J connectivity index is 2.93. The van der Waals surface area contributed by atoms with Gasteiger partial charge in [0.1, 0.15) is 0 Å². The van der Waals surface area contributed by atoms with Gasteiger partial charge in [0.15, 0.2) is 0 Å².